The van der Waals surface area contributed by atoms with E-state index in [4.69, 9.17) is 0 Å². The van der Waals surface area contributed by atoms with Crippen molar-refractivity contribution in [2.45, 2.75) is 35.3 Å². The number of anilines is 1. The van der Waals surface area contributed by atoms with Crippen molar-refractivity contribution in [3.05, 3.63) is 23.8 Å². The third-order valence-electron chi connectivity index (χ3n) is 4.15. The van der Waals surface area contributed by atoms with Crippen LogP contribution in [0.3, 0.4) is 0 Å². The van der Waals surface area contributed by atoms with E-state index in [-0.39, 0.29) is 4.75 Å². The summed E-state index contributed by atoms with van der Waals surface area (Å²) < 4.78 is 27.6. The third-order valence-corrected chi connectivity index (χ3v) is 6.97. The molecule has 1 aliphatic heterocycles. The summed E-state index contributed by atoms with van der Waals surface area (Å²) in [5.41, 5.74) is 2.17. The van der Waals surface area contributed by atoms with Crippen molar-refractivity contribution in [2.24, 2.45) is 0 Å². The zero-order valence-electron chi connectivity index (χ0n) is 11.6. The largest absolute Gasteiger partial charge is 0.385 e. The fourth-order valence-electron chi connectivity index (χ4n) is 2.52. The summed E-state index contributed by atoms with van der Waals surface area (Å²) in [6, 6.07) is 5.38. The third kappa shape index (κ3) is 2.82. The molecule has 1 saturated carbocycles. The Morgan fingerprint density at radius 1 is 1.40 bits per heavy atom. The zero-order chi connectivity index (χ0) is 14.2. The molecule has 1 aromatic carbocycles. The lowest BCUT2D eigenvalue weighted by molar-refractivity contribution is 0.579. The van der Waals surface area contributed by atoms with Gasteiger partial charge < -0.3 is 5.32 Å². The number of hydrogen-bond donors (Lipinski definition) is 2. The van der Waals surface area contributed by atoms with Crippen LogP contribution in [-0.2, 0) is 16.4 Å². The van der Waals surface area contributed by atoms with E-state index >= 15 is 0 Å². The molecule has 2 aliphatic rings. The average Bonchev–Trinajstić information content (AvgIpc) is 3.25. The van der Waals surface area contributed by atoms with E-state index in [0.29, 0.717) is 11.4 Å². The minimum absolute atomic E-state index is 0.142. The average molecular weight is 312 g/mol. The van der Waals surface area contributed by atoms with Gasteiger partial charge in [0, 0.05) is 23.5 Å². The van der Waals surface area contributed by atoms with Crippen LogP contribution in [0.15, 0.2) is 23.1 Å². The molecule has 2 N–H and O–H groups in total. The smallest absolute Gasteiger partial charge is 0.240 e. The number of aryl methyl sites for hydroxylation is 1. The molecule has 0 amide bonds. The molecule has 0 spiro atoms. The van der Waals surface area contributed by atoms with Crippen molar-refractivity contribution >= 4 is 27.5 Å². The van der Waals surface area contributed by atoms with Gasteiger partial charge in [-0.25, -0.2) is 13.1 Å². The van der Waals surface area contributed by atoms with Gasteiger partial charge in [-0.05, 0) is 55.7 Å². The molecule has 1 aliphatic carbocycles. The summed E-state index contributed by atoms with van der Waals surface area (Å²) in [5, 5.41) is 3.30. The number of benzene rings is 1. The molecule has 1 heterocycles. The highest BCUT2D eigenvalue weighted by molar-refractivity contribution is 8.00. The highest BCUT2D eigenvalue weighted by Crippen LogP contribution is 2.46. The highest BCUT2D eigenvalue weighted by atomic mass is 32.2. The predicted octanol–water partition coefficient (Wildman–Crippen LogP) is 2.22. The first-order chi connectivity index (χ1) is 9.55. The first-order valence-corrected chi connectivity index (χ1v) is 9.67. The molecule has 4 nitrogen and oxygen atoms in total. The highest BCUT2D eigenvalue weighted by Gasteiger charge is 2.42. The molecule has 0 saturated heterocycles. The monoisotopic (exact) mass is 312 g/mol. The zero-order valence-corrected chi connectivity index (χ0v) is 13.2. The van der Waals surface area contributed by atoms with Crippen molar-refractivity contribution in [1.29, 1.82) is 0 Å². The molecule has 20 heavy (non-hydrogen) atoms. The van der Waals surface area contributed by atoms with Crippen LogP contribution in [0.4, 0.5) is 5.69 Å². The van der Waals surface area contributed by atoms with Gasteiger partial charge in [-0.15, -0.1) is 0 Å². The molecule has 3 rings (SSSR count). The topological polar surface area (TPSA) is 58.2 Å². The molecule has 0 aromatic heterocycles. The number of hydrogen-bond acceptors (Lipinski definition) is 4. The van der Waals surface area contributed by atoms with Gasteiger partial charge in [0.15, 0.2) is 0 Å². The summed E-state index contributed by atoms with van der Waals surface area (Å²) >= 11 is 1.76. The Kier molecular flexibility index (Phi) is 3.73. The Morgan fingerprint density at radius 3 is 2.90 bits per heavy atom. The van der Waals surface area contributed by atoms with E-state index in [2.05, 4.69) is 10.0 Å². The maximum absolute atomic E-state index is 12.4. The van der Waals surface area contributed by atoms with E-state index < -0.39 is 10.0 Å². The van der Waals surface area contributed by atoms with Gasteiger partial charge in [-0.2, -0.15) is 11.8 Å². The lowest BCUT2D eigenvalue weighted by Crippen LogP contribution is -2.31. The summed E-state index contributed by atoms with van der Waals surface area (Å²) in [7, 11) is -3.39. The van der Waals surface area contributed by atoms with Gasteiger partial charge in [-0.1, -0.05) is 0 Å². The first kappa shape index (κ1) is 14.2. The van der Waals surface area contributed by atoms with Crippen LogP contribution in [0.2, 0.25) is 0 Å². The van der Waals surface area contributed by atoms with Gasteiger partial charge >= 0.3 is 0 Å². The fourth-order valence-corrected chi connectivity index (χ4v) is 4.52. The molecule has 1 fully saturated rings. The van der Waals surface area contributed by atoms with Crippen LogP contribution in [0.5, 0.6) is 0 Å². The Bertz CT molecular complexity index is 610. The molecule has 6 heteroatoms. The van der Waals surface area contributed by atoms with Crippen LogP contribution in [0.1, 0.15) is 24.8 Å². The second-order valence-corrected chi connectivity index (χ2v) is 8.60. The molecular weight excluding hydrogens is 292 g/mol. The second kappa shape index (κ2) is 5.24. The molecule has 0 bridgehead atoms. The lowest BCUT2D eigenvalue weighted by atomic mass is 10.0. The van der Waals surface area contributed by atoms with Crippen LogP contribution < -0.4 is 10.0 Å². The summed E-state index contributed by atoms with van der Waals surface area (Å²) in [6.45, 7) is 1.50. The summed E-state index contributed by atoms with van der Waals surface area (Å²) in [6.07, 6.45) is 6.25. The molecule has 0 unspecified atom stereocenters. The number of thioether (sulfide) groups is 1. The van der Waals surface area contributed by atoms with Crippen LogP contribution >= 0.6 is 11.8 Å². The van der Waals surface area contributed by atoms with Crippen LogP contribution in [0.25, 0.3) is 0 Å². The summed E-state index contributed by atoms with van der Waals surface area (Å²) in [4.78, 5) is 0.386. The molecular formula is C14H20N2O2S2. The maximum Gasteiger partial charge on any atom is 0.240 e. The first-order valence-electron chi connectivity index (χ1n) is 6.96. The SMILES string of the molecule is CSC1(CNS(=O)(=O)c2ccc3c(c2)CCCN3)CC1. The van der Waals surface area contributed by atoms with Gasteiger partial charge in [0.25, 0.3) is 0 Å². The number of nitrogens with one attached hydrogen (secondary N) is 2. The van der Waals surface area contributed by atoms with E-state index in [1.165, 1.54) is 0 Å². The standard InChI is InChI=1S/C14H20N2O2S2/c1-19-14(6-7-14)10-16-20(17,18)12-4-5-13-11(9-12)3-2-8-15-13/h4-5,9,15-16H,2-3,6-8,10H2,1H3. The van der Waals surface area contributed by atoms with Crippen molar-refractivity contribution in [3.8, 4) is 0 Å². The lowest BCUT2D eigenvalue weighted by Gasteiger charge is -2.19. The Balaban J connectivity index is 1.77. The minimum atomic E-state index is -3.39. The van der Waals surface area contributed by atoms with E-state index in [1.54, 1.807) is 17.8 Å². The number of fused-ring (bicyclic) bond motifs is 1. The Morgan fingerprint density at radius 2 is 2.20 bits per heavy atom. The van der Waals surface area contributed by atoms with Crippen molar-refractivity contribution in [2.75, 3.05) is 24.7 Å². The predicted molar refractivity (Wildman–Crippen MR) is 83.9 cm³/mol. The Labute approximate surface area is 124 Å². The number of rotatable bonds is 5. The molecule has 0 radical (unpaired) electrons. The second-order valence-electron chi connectivity index (χ2n) is 5.56. The van der Waals surface area contributed by atoms with Gasteiger partial charge in [0.2, 0.25) is 10.0 Å². The van der Waals surface area contributed by atoms with Gasteiger partial charge in [0.1, 0.15) is 0 Å². The molecule has 1 aromatic rings. The summed E-state index contributed by atoms with van der Waals surface area (Å²) in [5.74, 6) is 0. The van der Waals surface area contributed by atoms with Crippen LogP contribution in [-0.4, -0.2) is 32.5 Å². The van der Waals surface area contributed by atoms with Crippen molar-refractivity contribution in [1.82, 2.24) is 4.72 Å². The number of sulfonamides is 1. The van der Waals surface area contributed by atoms with Crippen molar-refractivity contribution in [3.63, 3.8) is 0 Å². The maximum atomic E-state index is 12.4. The molecule has 0 atom stereocenters. The van der Waals surface area contributed by atoms with E-state index in [0.717, 1.165) is 43.5 Å². The van der Waals surface area contributed by atoms with Gasteiger partial charge in [-0.3, -0.25) is 0 Å². The Hall–Kier alpha value is -0.720. The van der Waals surface area contributed by atoms with Crippen molar-refractivity contribution < 1.29 is 8.42 Å². The van der Waals surface area contributed by atoms with E-state index in [9.17, 15) is 8.42 Å². The normalized spacial score (nSPS) is 20.1. The van der Waals surface area contributed by atoms with Crippen LogP contribution in [0, 0.1) is 0 Å². The van der Waals surface area contributed by atoms with Gasteiger partial charge in [0.05, 0.1) is 4.90 Å². The quantitative estimate of drug-likeness (QED) is 0.875. The molecule has 110 valence electrons. The minimum Gasteiger partial charge on any atom is -0.385 e. The van der Waals surface area contributed by atoms with E-state index in [1.807, 2.05) is 18.4 Å². The fraction of sp³-hybridized carbons (Fsp3) is 0.571.